The number of halogens is 1. The molecule has 29 heavy (non-hydrogen) atoms. The van der Waals surface area contributed by atoms with Crippen LogP contribution in [0.25, 0.3) is 10.9 Å². The lowest BCUT2D eigenvalue weighted by molar-refractivity contribution is 0.0628. The van der Waals surface area contributed by atoms with Crippen LogP contribution in [0.15, 0.2) is 53.0 Å². The fourth-order valence-corrected chi connectivity index (χ4v) is 4.76. The van der Waals surface area contributed by atoms with Crippen LogP contribution >= 0.6 is 15.9 Å². The van der Waals surface area contributed by atoms with E-state index >= 15 is 0 Å². The second-order valence-electron chi connectivity index (χ2n) is 7.47. The Balaban J connectivity index is 1.36. The number of hydrogen-bond donors (Lipinski definition) is 0. The molecule has 6 heteroatoms. The second-order valence-corrected chi connectivity index (χ2v) is 8.26. The Labute approximate surface area is 180 Å². The highest BCUT2D eigenvalue weighted by atomic mass is 79.9. The van der Waals surface area contributed by atoms with Gasteiger partial charge >= 0.3 is 0 Å². The molecule has 1 fully saturated rings. The molecule has 0 spiro atoms. The molecular weight excluding hydrogens is 430 g/mol. The molecule has 2 heterocycles. The quantitative estimate of drug-likeness (QED) is 0.584. The maximum atomic E-state index is 13.2. The summed E-state index contributed by atoms with van der Waals surface area (Å²) in [7, 11) is 3.65. The zero-order valence-corrected chi connectivity index (χ0v) is 18.5. The lowest BCUT2D eigenvalue weighted by Gasteiger charge is -2.34. The van der Waals surface area contributed by atoms with E-state index in [9.17, 15) is 4.79 Å². The number of benzene rings is 2. The van der Waals surface area contributed by atoms with Crippen LogP contribution in [0.2, 0.25) is 0 Å². The highest BCUT2D eigenvalue weighted by Crippen LogP contribution is 2.31. The van der Waals surface area contributed by atoms with Crippen LogP contribution in [0.5, 0.6) is 5.75 Å². The van der Waals surface area contributed by atoms with Gasteiger partial charge in [0.05, 0.1) is 11.6 Å². The van der Waals surface area contributed by atoms with Crippen molar-refractivity contribution in [2.24, 2.45) is 7.05 Å². The van der Waals surface area contributed by atoms with Crippen LogP contribution in [-0.2, 0) is 13.5 Å². The summed E-state index contributed by atoms with van der Waals surface area (Å²) in [6.07, 6.45) is 1.01. The van der Waals surface area contributed by atoms with Gasteiger partial charge < -0.3 is 14.2 Å². The van der Waals surface area contributed by atoms with Gasteiger partial charge in [-0.1, -0.05) is 30.3 Å². The van der Waals surface area contributed by atoms with Gasteiger partial charge in [0.1, 0.15) is 11.4 Å². The van der Waals surface area contributed by atoms with Crippen molar-refractivity contribution in [2.45, 2.75) is 6.42 Å². The molecule has 1 saturated heterocycles. The lowest BCUT2D eigenvalue weighted by Crippen LogP contribution is -2.49. The van der Waals surface area contributed by atoms with Gasteiger partial charge in [-0.3, -0.25) is 9.69 Å². The van der Waals surface area contributed by atoms with Crippen molar-refractivity contribution in [3.8, 4) is 5.75 Å². The first-order chi connectivity index (χ1) is 14.1. The van der Waals surface area contributed by atoms with Crippen molar-refractivity contribution >= 4 is 32.7 Å². The minimum atomic E-state index is 0.102. The molecule has 0 bridgehead atoms. The van der Waals surface area contributed by atoms with E-state index in [4.69, 9.17) is 4.74 Å². The molecule has 0 radical (unpaired) electrons. The number of hydrogen-bond acceptors (Lipinski definition) is 3. The van der Waals surface area contributed by atoms with Crippen LogP contribution in [0.3, 0.4) is 0 Å². The van der Waals surface area contributed by atoms with Crippen LogP contribution in [0.4, 0.5) is 0 Å². The Hall–Kier alpha value is -2.31. The van der Waals surface area contributed by atoms with Crippen molar-refractivity contribution in [3.05, 3.63) is 64.3 Å². The molecule has 0 aliphatic carbocycles. The van der Waals surface area contributed by atoms with Crippen LogP contribution in [0, 0.1) is 0 Å². The van der Waals surface area contributed by atoms with E-state index in [-0.39, 0.29) is 5.91 Å². The Kier molecular flexibility index (Phi) is 5.92. The summed E-state index contributed by atoms with van der Waals surface area (Å²) in [5.41, 5.74) is 3.11. The Morgan fingerprint density at radius 1 is 1.03 bits per heavy atom. The molecule has 2 aromatic carbocycles. The molecule has 0 atom stereocenters. The number of aryl methyl sites for hydroxylation is 1. The summed E-state index contributed by atoms with van der Waals surface area (Å²) in [5.74, 6) is 0.991. The van der Waals surface area contributed by atoms with E-state index in [1.54, 1.807) is 7.11 Å². The van der Waals surface area contributed by atoms with Gasteiger partial charge in [-0.05, 0) is 46.1 Å². The predicted octanol–water partition coefficient (Wildman–Crippen LogP) is 3.95. The maximum Gasteiger partial charge on any atom is 0.271 e. The van der Waals surface area contributed by atoms with Crippen molar-refractivity contribution < 1.29 is 9.53 Å². The molecule has 1 aromatic heterocycles. The minimum Gasteiger partial charge on any atom is -0.497 e. The first-order valence-corrected chi connectivity index (χ1v) is 10.7. The molecule has 0 saturated carbocycles. The summed E-state index contributed by atoms with van der Waals surface area (Å²) >= 11 is 3.66. The van der Waals surface area contributed by atoms with E-state index in [0.717, 1.165) is 66.0 Å². The first kappa shape index (κ1) is 20.0. The molecule has 152 valence electrons. The van der Waals surface area contributed by atoms with Crippen molar-refractivity contribution in [3.63, 3.8) is 0 Å². The normalized spacial score (nSPS) is 15.1. The highest BCUT2D eigenvalue weighted by molar-refractivity contribution is 9.10. The van der Waals surface area contributed by atoms with Gasteiger partial charge in [-0.2, -0.15) is 0 Å². The summed E-state index contributed by atoms with van der Waals surface area (Å²) in [6, 6.07) is 16.4. The number of methoxy groups -OCH3 is 1. The number of rotatable bonds is 5. The highest BCUT2D eigenvalue weighted by Gasteiger charge is 2.27. The average Bonchev–Trinajstić information content (AvgIpc) is 3.03. The third-order valence-electron chi connectivity index (χ3n) is 5.78. The van der Waals surface area contributed by atoms with Crippen molar-refractivity contribution in [1.29, 1.82) is 0 Å². The Morgan fingerprint density at radius 2 is 1.72 bits per heavy atom. The van der Waals surface area contributed by atoms with E-state index in [1.165, 1.54) is 5.56 Å². The minimum absolute atomic E-state index is 0.102. The standard InChI is InChI=1S/C23H26BrN3O2/c1-25-20-6-4-3-5-19(20)21(24)22(25)23(28)27-15-13-26(14-16-27)12-11-17-7-9-18(29-2)10-8-17/h3-10H,11-16H2,1-2H3. The number of fused-ring (bicyclic) bond motifs is 1. The smallest absolute Gasteiger partial charge is 0.271 e. The Bertz CT molecular complexity index is 966. The number of piperazine rings is 1. The molecule has 5 nitrogen and oxygen atoms in total. The van der Waals surface area contributed by atoms with Gasteiger partial charge in [0.15, 0.2) is 0 Å². The van der Waals surface area contributed by atoms with Crippen LogP contribution in [0.1, 0.15) is 16.1 Å². The fraction of sp³-hybridized carbons (Fsp3) is 0.348. The lowest BCUT2D eigenvalue weighted by atomic mass is 10.1. The number of para-hydroxylation sites is 1. The van der Waals surface area contributed by atoms with E-state index < -0.39 is 0 Å². The Morgan fingerprint density at radius 3 is 2.38 bits per heavy atom. The summed E-state index contributed by atoms with van der Waals surface area (Å²) < 4.78 is 8.11. The summed E-state index contributed by atoms with van der Waals surface area (Å²) in [6.45, 7) is 4.34. The third kappa shape index (κ3) is 4.05. The number of nitrogens with zero attached hydrogens (tertiary/aromatic N) is 3. The largest absolute Gasteiger partial charge is 0.497 e. The van der Waals surface area contributed by atoms with Gasteiger partial charge in [0.2, 0.25) is 0 Å². The SMILES string of the molecule is COc1ccc(CCN2CCN(C(=O)c3c(Br)c4ccccc4n3C)CC2)cc1. The van der Waals surface area contributed by atoms with Gasteiger partial charge in [0, 0.05) is 50.7 Å². The molecule has 1 aliphatic heterocycles. The van der Waals surface area contributed by atoms with E-state index in [0.29, 0.717) is 0 Å². The zero-order chi connectivity index (χ0) is 20.4. The van der Waals surface area contributed by atoms with Crippen molar-refractivity contribution in [2.75, 3.05) is 39.8 Å². The van der Waals surface area contributed by atoms with Crippen LogP contribution in [-0.4, -0.2) is 60.1 Å². The molecular formula is C23H26BrN3O2. The average molecular weight is 456 g/mol. The number of aromatic nitrogens is 1. The molecule has 0 N–H and O–H groups in total. The molecule has 3 aromatic rings. The summed E-state index contributed by atoms with van der Waals surface area (Å²) in [4.78, 5) is 17.6. The third-order valence-corrected chi connectivity index (χ3v) is 6.59. The van der Waals surface area contributed by atoms with E-state index in [2.05, 4.69) is 33.0 Å². The van der Waals surface area contributed by atoms with Crippen LogP contribution < -0.4 is 4.74 Å². The molecule has 4 rings (SSSR count). The monoisotopic (exact) mass is 455 g/mol. The van der Waals surface area contributed by atoms with Crippen molar-refractivity contribution in [1.82, 2.24) is 14.4 Å². The van der Waals surface area contributed by atoms with Gasteiger partial charge in [0.25, 0.3) is 5.91 Å². The topological polar surface area (TPSA) is 37.7 Å². The molecule has 1 aliphatic rings. The molecule has 0 unspecified atom stereocenters. The number of carbonyl (C=O) groups is 1. The fourth-order valence-electron chi connectivity index (χ4n) is 3.99. The maximum absolute atomic E-state index is 13.2. The number of ether oxygens (including phenoxy) is 1. The van der Waals surface area contributed by atoms with Gasteiger partial charge in [-0.15, -0.1) is 0 Å². The summed E-state index contributed by atoms with van der Waals surface area (Å²) in [5, 5.41) is 1.08. The number of carbonyl (C=O) groups excluding carboxylic acids is 1. The zero-order valence-electron chi connectivity index (χ0n) is 16.9. The predicted molar refractivity (Wildman–Crippen MR) is 120 cm³/mol. The first-order valence-electron chi connectivity index (χ1n) is 9.96. The number of amides is 1. The second kappa shape index (κ2) is 8.59. The molecule has 1 amide bonds. The van der Waals surface area contributed by atoms with E-state index in [1.807, 2.05) is 52.9 Å². The van der Waals surface area contributed by atoms with Gasteiger partial charge in [-0.25, -0.2) is 0 Å².